The molecular formula is C18H21N3O3S. The number of para-hydroxylation sites is 1. The van der Waals surface area contributed by atoms with Crippen LogP contribution in [0.1, 0.15) is 37.8 Å². The summed E-state index contributed by atoms with van der Waals surface area (Å²) in [4.78, 5) is 0.110. The highest BCUT2D eigenvalue weighted by Gasteiger charge is 2.27. The van der Waals surface area contributed by atoms with Crippen LogP contribution in [0.3, 0.4) is 0 Å². The van der Waals surface area contributed by atoms with Crippen molar-refractivity contribution < 1.29 is 13.2 Å². The van der Waals surface area contributed by atoms with Gasteiger partial charge in [0, 0.05) is 0 Å². The first-order valence-electron chi connectivity index (χ1n) is 8.19. The Hall–Kier alpha value is -2.41. The molecule has 0 atom stereocenters. The van der Waals surface area contributed by atoms with E-state index in [0.717, 1.165) is 15.2 Å². The van der Waals surface area contributed by atoms with Gasteiger partial charge < -0.3 is 4.74 Å². The SMILES string of the molecule is CCOc1cc(C)c(C(C)C)cc1S(=O)(=O)n1nnc2ccccc21. The Morgan fingerprint density at radius 3 is 2.60 bits per heavy atom. The monoisotopic (exact) mass is 359 g/mol. The summed E-state index contributed by atoms with van der Waals surface area (Å²) in [6.07, 6.45) is 0. The van der Waals surface area contributed by atoms with Gasteiger partial charge in [-0.1, -0.05) is 31.2 Å². The summed E-state index contributed by atoms with van der Waals surface area (Å²) in [5, 5.41) is 7.82. The van der Waals surface area contributed by atoms with Gasteiger partial charge in [-0.3, -0.25) is 0 Å². The first-order chi connectivity index (χ1) is 11.9. The minimum atomic E-state index is -3.93. The van der Waals surface area contributed by atoms with Crippen molar-refractivity contribution in [2.75, 3.05) is 6.61 Å². The zero-order chi connectivity index (χ0) is 18.2. The van der Waals surface area contributed by atoms with Gasteiger partial charge in [0.05, 0.1) is 6.61 Å². The number of hydrogen-bond donors (Lipinski definition) is 0. The number of nitrogens with zero attached hydrogens (tertiary/aromatic N) is 3. The molecule has 7 heteroatoms. The molecule has 0 aliphatic heterocycles. The standard InChI is InChI=1S/C18H21N3O3S/c1-5-24-17-10-13(4)14(12(2)3)11-18(17)25(22,23)21-16-9-7-6-8-15(16)19-20-21/h6-12H,5H2,1-4H3. The van der Waals surface area contributed by atoms with Crippen LogP contribution in [0.2, 0.25) is 0 Å². The molecule has 2 aromatic carbocycles. The van der Waals surface area contributed by atoms with Crippen molar-refractivity contribution in [1.29, 1.82) is 0 Å². The van der Waals surface area contributed by atoms with E-state index in [9.17, 15) is 8.42 Å². The van der Waals surface area contributed by atoms with Crippen molar-refractivity contribution in [3.05, 3.63) is 47.5 Å². The second-order valence-corrected chi connectivity index (χ2v) is 7.91. The fraction of sp³-hybridized carbons (Fsp3) is 0.333. The molecule has 25 heavy (non-hydrogen) atoms. The number of aryl methyl sites for hydroxylation is 1. The lowest BCUT2D eigenvalue weighted by molar-refractivity contribution is 0.330. The van der Waals surface area contributed by atoms with Crippen LogP contribution in [0.5, 0.6) is 5.75 Å². The van der Waals surface area contributed by atoms with Crippen molar-refractivity contribution in [2.24, 2.45) is 0 Å². The Morgan fingerprint density at radius 2 is 1.92 bits per heavy atom. The molecule has 0 amide bonds. The van der Waals surface area contributed by atoms with Crippen LogP contribution >= 0.6 is 0 Å². The summed E-state index contributed by atoms with van der Waals surface area (Å²) >= 11 is 0. The van der Waals surface area contributed by atoms with E-state index in [1.165, 1.54) is 0 Å². The second kappa shape index (κ2) is 6.48. The number of aromatic nitrogens is 3. The molecule has 0 fully saturated rings. The highest BCUT2D eigenvalue weighted by atomic mass is 32.2. The first-order valence-corrected chi connectivity index (χ1v) is 9.63. The maximum absolute atomic E-state index is 13.3. The van der Waals surface area contributed by atoms with Gasteiger partial charge in [-0.15, -0.1) is 9.19 Å². The Balaban J connectivity index is 2.27. The van der Waals surface area contributed by atoms with Crippen molar-refractivity contribution in [1.82, 2.24) is 14.4 Å². The Labute approximate surface area is 147 Å². The predicted molar refractivity (Wildman–Crippen MR) is 96.5 cm³/mol. The fourth-order valence-electron chi connectivity index (χ4n) is 2.89. The number of fused-ring (bicyclic) bond motifs is 1. The molecule has 0 unspecified atom stereocenters. The van der Waals surface area contributed by atoms with Gasteiger partial charge >= 0.3 is 0 Å². The summed E-state index contributed by atoms with van der Waals surface area (Å²) in [5.41, 5.74) is 2.93. The van der Waals surface area contributed by atoms with E-state index in [1.54, 1.807) is 36.4 Å². The summed E-state index contributed by atoms with van der Waals surface area (Å²) in [6, 6.07) is 10.4. The van der Waals surface area contributed by atoms with E-state index in [0.29, 0.717) is 23.4 Å². The lowest BCUT2D eigenvalue weighted by Crippen LogP contribution is -2.17. The minimum Gasteiger partial charge on any atom is -0.492 e. The Kier molecular flexibility index (Phi) is 4.51. The van der Waals surface area contributed by atoms with Crippen LogP contribution in [-0.2, 0) is 10.0 Å². The van der Waals surface area contributed by atoms with Crippen LogP contribution in [-0.4, -0.2) is 29.4 Å². The molecule has 0 bridgehead atoms. The molecule has 0 saturated heterocycles. The van der Waals surface area contributed by atoms with Crippen molar-refractivity contribution in [3.63, 3.8) is 0 Å². The average molecular weight is 359 g/mol. The molecule has 0 N–H and O–H groups in total. The minimum absolute atomic E-state index is 0.110. The summed E-state index contributed by atoms with van der Waals surface area (Å²) in [6.45, 7) is 8.22. The normalized spacial score (nSPS) is 12.0. The van der Waals surface area contributed by atoms with Gasteiger partial charge in [0.25, 0.3) is 10.0 Å². The second-order valence-electron chi connectivity index (χ2n) is 6.17. The third-order valence-corrected chi connectivity index (χ3v) is 5.68. The molecule has 0 aliphatic rings. The van der Waals surface area contributed by atoms with Crippen molar-refractivity contribution >= 4 is 21.1 Å². The zero-order valence-electron chi connectivity index (χ0n) is 14.7. The van der Waals surface area contributed by atoms with Gasteiger partial charge in [0.2, 0.25) is 0 Å². The Bertz CT molecular complexity index is 1020. The lowest BCUT2D eigenvalue weighted by Gasteiger charge is -2.17. The molecule has 1 heterocycles. The highest BCUT2D eigenvalue weighted by molar-refractivity contribution is 7.90. The quantitative estimate of drug-likeness (QED) is 0.697. The summed E-state index contributed by atoms with van der Waals surface area (Å²) in [5.74, 6) is 0.529. The third-order valence-electron chi connectivity index (χ3n) is 4.08. The number of benzene rings is 2. The average Bonchev–Trinajstić information content (AvgIpc) is 2.99. The molecule has 6 nitrogen and oxygen atoms in total. The molecule has 0 spiro atoms. The molecule has 1 aromatic heterocycles. The zero-order valence-corrected chi connectivity index (χ0v) is 15.5. The van der Waals surface area contributed by atoms with Gasteiger partial charge in [0.15, 0.2) is 0 Å². The van der Waals surface area contributed by atoms with E-state index >= 15 is 0 Å². The highest BCUT2D eigenvalue weighted by Crippen LogP contribution is 2.33. The molecular weight excluding hydrogens is 338 g/mol. The maximum atomic E-state index is 13.3. The number of hydrogen-bond acceptors (Lipinski definition) is 5. The molecule has 0 saturated carbocycles. The topological polar surface area (TPSA) is 74.1 Å². The third kappa shape index (κ3) is 3.00. The van der Waals surface area contributed by atoms with Gasteiger partial charge in [-0.25, -0.2) is 0 Å². The summed E-state index contributed by atoms with van der Waals surface area (Å²) < 4.78 is 33.1. The van der Waals surface area contributed by atoms with Gasteiger partial charge in [0.1, 0.15) is 21.7 Å². The number of ether oxygens (including phenoxy) is 1. The number of rotatable bonds is 5. The molecule has 132 valence electrons. The van der Waals surface area contributed by atoms with Crippen LogP contribution in [0.4, 0.5) is 0 Å². The largest absolute Gasteiger partial charge is 0.492 e. The molecule has 0 aliphatic carbocycles. The molecule has 3 aromatic rings. The van der Waals surface area contributed by atoms with Crippen LogP contribution in [0, 0.1) is 6.92 Å². The smallest absolute Gasteiger partial charge is 0.288 e. The van der Waals surface area contributed by atoms with E-state index in [2.05, 4.69) is 10.3 Å². The maximum Gasteiger partial charge on any atom is 0.288 e. The molecule has 0 radical (unpaired) electrons. The van der Waals surface area contributed by atoms with Crippen LogP contribution in [0.15, 0.2) is 41.3 Å². The van der Waals surface area contributed by atoms with Gasteiger partial charge in [-0.05, 0) is 55.2 Å². The predicted octanol–water partition coefficient (Wildman–Crippen LogP) is 3.50. The first kappa shape index (κ1) is 17.4. The Morgan fingerprint density at radius 1 is 1.20 bits per heavy atom. The van der Waals surface area contributed by atoms with E-state index in [4.69, 9.17) is 4.74 Å². The van der Waals surface area contributed by atoms with Crippen LogP contribution < -0.4 is 4.74 Å². The van der Waals surface area contributed by atoms with Crippen molar-refractivity contribution in [3.8, 4) is 5.75 Å². The van der Waals surface area contributed by atoms with E-state index in [1.807, 2.05) is 27.7 Å². The van der Waals surface area contributed by atoms with Crippen molar-refractivity contribution in [2.45, 2.75) is 38.5 Å². The van der Waals surface area contributed by atoms with Crippen LogP contribution in [0.25, 0.3) is 11.0 Å². The lowest BCUT2D eigenvalue weighted by atomic mass is 9.98. The van der Waals surface area contributed by atoms with Gasteiger partial charge in [-0.2, -0.15) is 8.42 Å². The summed E-state index contributed by atoms with van der Waals surface area (Å²) in [7, 11) is -3.93. The molecule has 3 rings (SSSR count). The van der Waals surface area contributed by atoms with E-state index < -0.39 is 10.0 Å². The van der Waals surface area contributed by atoms with E-state index in [-0.39, 0.29) is 10.8 Å². The fourth-order valence-corrected chi connectivity index (χ4v) is 4.27.